The Labute approximate surface area is 123 Å². The van der Waals surface area contributed by atoms with Crippen molar-refractivity contribution in [3.63, 3.8) is 0 Å². The molecule has 1 fully saturated rings. The molecule has 21 heavy (non-hydrogen) atoms. The van der Waals surface area contributed by atoms with Gasteiger partial charge in [-0.25, -0.2) is 4.79 Å². The molecule has 0 saturated carbocycles. The number of nitrogens with one attached hydrogen (secondary N) is 1. The summed E-state index contributed by atoms with van der Waals surface area (Å²) >= 11 is 0. The lowest BCUT2D eigenvalue weighted by molar-refractivity contribution is 0.0337. The highest BCUT2D eigenvalue weighted by Crippen LogP contribution is 2.25. The normalized spacial score (nSPS) is 17.4. The number of carboxylic acids is 1. The van der Waals surface area contributed by atoms with E-state index < -0.39 is 5.97 Å². The smallest absolute Gasteiger partial charge is 0.339 e. The number of carbonyl (C=O) groups excluding carboxylic acids is 1. The summed E-state index contributed by atoms with van der Waals surface area (Å²) in [5.74, 6) is -1.05. The Kier molecular flexibility index (Phi) is 4.67. The van der Waals surface area contributed by atoms with E-state index in [1.54, 1.807) is 6.92 Å². The van der Waals surface area contributed by atoms with Gasteiger partial charge in [-0.15, -0.1) is 0 Å². The van der Waals surface area contributed by atoms with E-state index in [4.69, 9.17) is 14.3 Å². The molecule has 6 nitrogen and oxygen atoms in total. The van der Waals surface area contributed by atoms with Crippen molar-refractivity contribution in [1.29, 1.82) is 0 Å². The van der Waals surface area contributed by atoms with E-state index in [0.717, 1.165) is 19.3 Å². The van der Waals surface area contributed by atoms with Crippen LogP contribution >= 0.6 is 0 Å². The minimum atomic E-state index is -1.08. The van der Waals surface area contributed by atoms with E-state index in [1.807, 2.05) is 6.92 Å². The molecule has 0 unspecified atom stereocenters. The predicted octanol–water partition coefficient (Wildman–Crippen LogP) is 2.23. The first kappa shape index (κ1) is 15.6. The molecule has 2 N–H and O–H groups in total. The van der Waals surface area contributed by atoms with Crippen LogP contribution in [0.3, 0.4) is 0 Å². The summed E-state index contributed by atoms with van der Waals surface area (Å²) in [6.07, 6.45) is 2.74. The monoisotopic (exact) mass is 295 g/mol. The van der Waals surface area contributed by atoms with Crippen LogP contribution in [0, 0.1) is 0 Å². The Morgan fingerprint density at radius 2 is 2.00 bits per heavy atom. The molecule has 6 heteroatoms. The fraction of sp³-hybridized carbons (Fsp3) is 0.600. The molecule has 0 aromatic carbocycles. The molecule has 1 aliphatic heterocycles. The first-order valence-electron chi connectivity index (χ1n) is 7.27. The molecule has 0 radical (unpaired) electrons. The Morgan fingerprint density at radius 1 is 1.33 bits per heavy atom. The predicted molar refractivity (Wildman–Crippen MR) is 75.6 cm³/mol. The van der Waals surface area contributed by atoms with E-state index in [0.29, 0.717) is 25.4 Å². The molecule has 1 aliphatic rings. The maximum absolute atomic E-state index is 12.3. The third-order valence-electron chi connectivity index (χ3n) is 4.09. The van der Waals surface area contributed by atoms with Crippen LogP contribution in [0.4, 0.5) is 0 Å². The summed E-state index contributed by atoms with van der Waals surface area (Å²) in [5.41, 5.74) is -0.238. The van der Waals surface area contributed by atoms with Crippen molar-refractivity contribution in [2.24, 2.45) is 0 Å². The van der Waals surface area contributed by atoms with Gasteiger partial charge in [0, 0.05) is 31.2 Å². The van der Waals surface area contributed by atoms with Gasteiger partial charge in [0.25, 0.3) is 5.91 Å². The summed E-state index contributed by atoms with van der Waals surface area (Å²) in [7, 11) is 0. The van der Waals surface area contributed by atoms with Gasteiger partial charge in [-0.1, -0.05) is 13.8 Å². The van der Waals surface area contributed by atoms with Crippen LogP contribution in [0.1, 0.15) is 59.8 Å². The molecule has 1 aromatic heterocycles. The molecule has 0 aliphatic carbocycles. The number of hydrogen-bond acceptors (Lipinski definition) is 4. The molecule has 0 atom stereocenters. The molecule has 1 amide bonds. The lowest BCUT2D eigenvalue weighted by atomic mass is 9.87. The summed E-state index contributed by atoms with van der Waals surface area (Å²) in [4.78, 5) is 23.5. The zero-order chi connectivity index (χ0) is 15.5. The summed E-state index contributed by atoms with van der Waals surface area (Å²) in [5, 5.41) is 12.1. The van der Waals surface area contributed by atoms with Crippen LogP contribution < -0.4 is 5.32 Å². The van der Waals surface area contributed by atoms with Crippen LogP contribution in [0.15, 0.2) is 10.5 Å². The molecule has 0 spiro atoms. The number of amides is 1. The highest BCUT2D eigenvalue weighted by Gasteiger charge is 2.33. The highest BCUT2D eigenvalue weighted by atomic mass is 16.5. The lowest BCUT2D eigenvalue weighted by Gasteiger charge is -2.36. The second-order valence-corrected chi connectivity index (χ2v) is 5.31. The van der Waals surface area contributed by atoms with Gasteiger partial charge in [0.1, 0.15) is 11.3 Å². The Balaban J connectivity index is 2.18. The van der Waals surface area contributed by atoms with E-state index in [-0.39, 0.29) is 22.8 Å². The number of furan rings is 1. The number of hydrogen-bond donors (Lipinski definition) is 2. The van der Waals surface area contributed by atoms with Crippen molar-refractivity contribution in [3.8, 4) is 0 Å². The Hall–Kier alpha value is -1.82. The first-order valence-corrected chi connectivity index (χ1v) is 7.27. The third kappa shape index (κ3) is 3.26. The minimum absolute atomic E-state index is 0.0557. The molecular formula is C15H21NO5. The largest absolute Gasteiger partial charge is 0.478 e. The molecule has 2 rings (SSSR count). The SMILES string of the molecule is CCc1oc(C(=O)NC2(CC)CCOCC2)cc1C(=O)O. The fourth-order valence-electron chi connectivity index (χ4n) is 2.62. The molecular weight excluding hydrogens is 274 g/mol. The van der Waals surface area contributed by atoms with Gasteiger partial charge in [0.15, 0.2) is 5.76 Å². The van der Waals surface area contributed by atoms with Crippen molar-refractivity contribution in [3.05, 3.63) is 23.2 Å². The number of aromatic carboxylic acids is 1. The van der Waals surface area contributed by atoms with Gasteiger partial charge in [0.05, 0.1) is 0 Å². The second kappa shape index (κ2) is 6.30. The minimum Gasteiger partial charge on any atom is -0.478 e. The molecule has 2 heterocycles. The number of carboxylic acid groups (broad SMARTS) is 1. The van der Waals surface area contributed by atoms with Crippen molar-refractivity contribution in [1.82, 2.24) is 5.32 Å². The van der Waals surface area contributed by atoms with Gasteiger partial charge in [-0.2, -0.15) is 0 Å². The van der Waals surface area contributed by atoms with Crippen LogP contribution in [0.25, 0.3) is 0 Å². The quantitative estimate of drug-likeness (QED) is 0.869. The average Bonchev–Trinajstić information content (AvgIpc) is 2.93. The van der Waals surface area contributed by atoms with Gasteiger partial charge < -0.3 is 19.6 Å². The summed E-state index contributed by atoms with van der Waals surface area (Å²) < 4.78 is 10.7. The maximum atomic E-state index is 12.3. The highest BCUT2D eigenvalue weighted by molar-refractivity contribution is 5.96. The van der Waals surface area contributed by atoms with Gasteiger partial charge in [-0.05, 0) is 19.3 Å². The molecule has 0 bridgehead atoms. The van der Waals surface area contributed by atoms with Crippen molar-refractivity contribution in [2.45, 2.75) is 45.1 Å². The van der Waals surface area contributed by atoms with Crippen LogP contribution in [0.2, 0.25) is 0 Å². The Bertz CT molecular complexity index is 528. The van der Waals surface area contributed by atoms with E-state index in [2.05, 4.69) is 5.32 Å². The number of ether oxygens (including phenoxy) is 1. The maximum Gasteiger partial charge on any atom is 0.339 e. The third-order valence-corrected chi connectivity index (χ3v) is 4.09. The van der Waals surface area contributed by atoms with E-state index >= 15 is 0 Å². The van der Waals surface area contributed by atoms with Crippen LogP contribution in [-0.4, -0.2) is 35.7 Å². The van der Waals surface area contributed by atoms with Crippen molar-refractivity contribution in [2.75, 3.05) is 13.2 Å². The van der Waals surface area contributed by atoms with Gasteiger partial charge >= 0.3 is 5.97 Å². The number of carbonyl (C=O) groups is 2. The van der Waals surface area contributed by atoms with Crippen LogP contribution in [0.5, 0.6) is 0 Å². The average molecular weight is 295 g/mol. The molecule has 1 aromatic rings. The topological polar surface area (TPSA) is 88.8 Å². The zero-order valence-electron chi connectivity index (χ0n) is 12.4. The summed E-state index contributed by atoms with van der Waals surface area (Å²) in [6.45, 7) is 5.05. The van der Waals surface area contributed by atoms with Crippen molar-refractivity contribution >= 4 is 11.9 Å². The fourth-order valence-corrected chi connectivity index (χ4v) is 2.62. The second-order valence-electron chi connectivity index (χ2n) is 5.31. The van der Waals surface area contributed by atoms with E-state index in [1.165, 1.54) is 6.07 Å². The number of rotatable bonds is 5. The van der Waals surface area contributed by atoms with Gasteiger partial charge in [-0.3, -0.25) is 4.79 Å². The first-order chi connectivity index (χ1) is 10.0. The Morgan fingerprint density at radius 3 is 2.48 bits per heavy atom. The van der Waals surface area contributed by atoms with Gasteiger partial charge in [0.2, 0.25) is 0 Å². The van der Waals surface area contributed by atoms with Crippen molar-refractivity contribution < 1.29 is 23.8 Å². The lowest BCUT2D eigenvalue weighted by Crippen LogP contribution is -2.51. The van der Waals surface area contributed by atoms with Crippen LogP contribution in [-0.2, 0) is 11.2 Å². The molecule has 1 saturated heterocycles. The standard InChI is InChI=1S/C15H21NO5/c1-3-11-10(14(18)19)9-12(21-11)13(17)16-15(4-2)5-7-20-8-6-15/h9H,3-8H2,1-2H3,(H,16,17)(H,18,19). The number of aryl methyl sites for hydroxylation is 1. The summed E-state index contributed by atoms with van der Waals surface area (Å²) in [6, 6.07) is 1.30. The molecule has 116 valence electrons. The zero-order valence-corrected chi connectivity index (χ0v) is 12.4. The van der Waals surface area contributed by atoms with E-state index in [9.17, 15) is 9.59 Å².